The monoisotopic (exact) mass is 235 g/mol. The van der Waals surface area contributed by atoms with Crippen molar-refractivity contribution in [3.63, 3.8) is 0 Å². The van der Waals surface area contributed by atoms with Crippen LogP contribution in [0.25, 0.3) is 0 Å². The van der Waals surface area contributed by atoms with Crippen LogP contribution in [0.3, 0.4) is 0 Å². The zero-order chi connectivity index (χ0) is 11.9. The molecule has 2 heteroatoms. The summed E-state index contributed by atoms with van der Waals surface area (Å²) < 4.78 is 4.81. The van der Waals surface area contributed by atoms with Crippen molar-refractivity contribution in [2.75, 3.05) is 0 Å². The summed E-state index contributed by atoms with van der Waals surface area (Å²) in [7, 11) is 0. The molecule has 0 unspecified atom stereocenters. The van der Waals surface area contributed by atoms with Crippen molar-refractivity contribution in [2.24, 2.45) is 0 Å². The van der Waals surface area contributed by atoms with Crippen molar-refractivity contribution in [3.05, 3.63) is 18.7 Å². The summed E-state index contributed by atoms with van der Waals surface area (Å²) in [5, 5.41) is 0. The van der Waals surface area contributed by atoms with E-state index in [0.717, 1.165) is 6.04 Å². The van der Waals surface area contributed by atoms with Crippen LogP contribution in [-0.4, -0.2) is 4.57 Å². The summed E-state index contributed by atoms with van der Waals surface area (Å²) in [6.45, 7) is 3.46. The molecule has 2 nitrogen and oxygen atoms in total. The molecular formula is C15H27N2+. The van der Waals surface area contributed by atoms with Gasteiger partial charge in [-0.15, -0.1) is 0 Å². The van der Waals surface area contributed by atoms with Crippen LogP contribution in [0.5, 0.6) is 0 Å². The van der Waals surface area contributed by atoms with Crippen molar-refractivity contribution in [1.82, 2.24) is 4.57 Å². The maximum atomic E-state index is 2.44. The predicted molar refractivity (Wildman–Crippen MR) is 70.9 cm³/mol. The van der Waals surface area contributed by atoms with Gasteiger partial charge in [-0.05, 0) is 38.5 Å². The molecule has 0 atom stereocenters. The smallest absolute Gasteiger partial charge is 0.237 e. The fourth-order valence-electron chi connectivity index (χ4n) is 2.86. The zero-order valence-corrected chi connectivity index (χ0v) is 11.3. The number of aryl methyl sites for hydroxylation is 1. The van der Waals surface area contributed by atoms with Gasteiger partial charge >= 0.3 is 0 Å². The Balaban J connectivity index is 1.78. The minimum Gasteiger partial charge on any atom is -0.237 e. The summed E-state index contributed by atoms with van der Waals surface area (Å²) in [6.07, 6.45) is 19.3. The largest absolute Gasteiger partial charge is 0.243 e. The molecule has 0 radical (unpaired) electrons. The van der Waals surface area contributed by atoms with Crippen LogP contribution in [0.1, 0.15) is 70.8 Å². The van der Waals surface area contributed by atoms with E-state index in [2.05, 4.69) is 34.8 Å². The van der Waals surface area contributed by atoms with Crippen LogP contribution in [-0.2, 0) is 6.54 Å². The van der Waals surface area contributed by atoms with Gasteiger partial charge in [-0.1, -0.05) is 26.2 Å². The van der Waals surface area contributed by atoms with Crippen molar-refractivity contribution in [1.29, 1.82) is 0 Å². The fraction of sp³-hybridized carbons (Fsp3) is 0.800. The summed E-state index contributed by atoms with van der Waals surface area (Å²) in [5.41, 5.74) is 0. The first kappa shape index (κ1) is 12.7. The molecule has 1 heterocycles. The van der Waals surface area contributed by atoms with Crippen molar-refractivity contribution in [3.8, 4) is 0 Å². The maximum Gasteiger partial charge on any atom is 0.243 e. The third-order valence-corrected chi connectivity index (χ3v) is 3.98. The molecule has 0 amide bonds. The maximum absolute atomic E-state index is 2.44. The lowest BCUT2D eigenvalue weighted by atomic mass is 9.95. The average molecular weight is 235 g/mol. The highest BCUT2D eigenvalue weighted by atomic mass is 15.1. The number of hydrogen-bond acceptors (Lipinski definition) is 0. The Morgan fingerprint density at radius 3 is 2.71 bits per heavy atom. The van der Waals surface area contributed by atoms with Gasteiger partial charge in [0.05, 0.1) is 6.54 Å². The number of imidazole rings is 1. The van der Waals surface area contributed by atoms with Gasteiger partial charge in [-0.2, -0.15) is 0 Å². The molecule has 2 rings (SSSR count). The molecule has 17 heavy (non-hydrogen) atoms. The molecule has 0 N–H and O–H groups in total. The van der Waals surface area contributed by atoms with Crippen LogP contribution >= 0.6 is 0 Å². The van der Waals surface area contributed by atoms with Gasteiger partial charge in [-0.3, -0.25) is 0 Å². The first-order valence-electron chi connectivity index (χ1n) is 7.46. The van der Waals surface area contributed by atoms with Gasteiger partial charge in [0.2, 0.25) is 6.33 Å². The Kier molecular flexibility index (Phi) is 5.08. The van der Waals surface area contributed by atoms with E-state index < -0.39 is 0 Å². The molecule has 0 aromatic carbocycles. The second kappa shape index (κ2) is 6.83. The quantitative estimate of drug-likeness (QED) is 0.523. The van der Waals surface area contributed by atoms with Crippen LogP contribution in [0.4, 0.5) is 0 Å². The molecule has 0 bridgehead atoms. The Bertz CT molecular complexity index is 310. The Labute approximate surface area is 106 Å². The van der Waals surface area contributed by atoms with E-state index in [0.29, 0.717) is 0 Å². The molecule has 1 fully saturated rings. The van der Waals surface area contributed by atoms with Crippen LogP contribution < -0.4 is 4.57 Å². The first-order chi connectivity index (χ1) is 8.40. The van der Waals surface area contributed by atoms with Crippen LogP contribution in [0.2, 0.25) is 0 Å². The van der Waals surface area contributed by atoms with Crippen molar-refractivity contribution < 1.29 is 4.57 Å². The number of hydrogen-bond donors (Lipinski definition) is 0. The number of nitrogens with zero attached hydrogens (tertiary/aromatic N) is 2. The van der Waals surface area contributed by atoms with Crippen molar-refractivity contribution in [2.45, 2.75) is 77.3 Å². The van der Waals surface area contributed by atoms with E-state index in [-0.39, 0.29) is 0 Å². The lowest BCUT2D eigenvalue weighted by Crippen LogP contribution is -2.31. The highest BCUT2D eigenvalue weighted by Crippen LogP contribution is 2.27. The number of unbranched alkanes of at least 4 members (excludes halogenated alkanes) is 3. The Hall–Kier alpha value is -0.790. The minimum atomic E-state index is 0.778. The molecule has 96 valence electrons. The molecule has 1 saturated carbocycles. The normalized spacial score (nSPS) is 17.5. The molecule has 1 aliphatic rings. The third-order valence-electron chi connectivity index (χ3n) is 3.98. The molecule has 0 aliphatic heterocycles. The topological polar surface area (TPSA) is 8.81 Å². The van der Waals surface area contributed by atoms with E-state index in [1.807, 2.05) is 0 Å². The molecule has 0 saturated heterocycles. The van der Waals surface area contributed by atoms with E-state index >= 15 is 0 Å². The predicted octanol–water partition coefficient (Wildman–Crippen LogP) is 3.86. The van der Waals surface area contributed by atoms with E-state index in [4.69, 9.17) is 0 Å². The fourth-order valence-corrected chi connectivity index (χ4v) is 2.86. The van der Waals surface area contributed by atoms with Crippen molar-refractivity contribution >= 4 is 0 Å². The standard InChI is InChI=1S/C15H27N2/c1-2-3-4-8-11-16-12-13-17(14-16)15-9-6-5-7-10-15/h12-15H,2-11H2,1H3/q+1. The second-order valence-electron chi connectivity index (χ2n) is 5.45. The Morgan fingerprint density at radius 1 is 1.12 bits per heavy atom. The Morgan fingerprint density at radius 2 is 1.94 bits per heavy atom. The lowest BCUT2D eigenvalue weighted by molar-refractivity contribution is -0.697. The van der Waals surface area contributed by atoms with E-state index in [1.165, 1.54) is 64.3 Å². The second-order valence-corrected chi connectivity index (χ2v) is 5.45. The van der Waals surface area contributed by atoms with E-state index in [9.17, 15) is 0 Å². The van der Waals surface area contributed by atoms with E-state index in [1.54, 1.807) is 0 Å². The molecular weight excluding hydrogens is 208 g/mol. The highest BCUT2D eigenvalue weighted by molar-refractivity contribution is 4.77. The van der Waals surface area contributed by atoms with Gasteiger partial charge in [0, 0.05) is 0 Å². The highest BCUT2D eigenvalue weighted by Gasteiger charge is 2.19. The lowest BCUT2D eigenvalue weighted by Gasteiger charge is -2.18. The molecule has 0 spiro atoms. The first-order valence-corrected chi connectivity index (χ1v) is 7.46. The summed E-state index contributed by atoms with van der Waals surface area (Å²) in [6, 6.07) is 0.778. The number of aromatic nitrogens is 2. The summed E-state index contributed by atoms with van der Waals surface area (Å²) >= 11 is 0. The van der Waals surface area contributed by atoms with Gasteiger partial charge in [0.15, 0.2) is 0 Å². The zero-order valence-electron chi connectivity index (χ0n) is 11.3. The molecule has 1 aromatic rings. The average Bonchev–Trinajstić information content (AvgIpc) is 2.85. The van der Waals surface area contributed by atoms with Gasteiger partial charge in [-0.25, -0.2) is 9.13 Å². The third kappa shape index (κ3) is 3.86. The molecule has 1 aromatic heterocycles. The summed E-state index contributed by atoms with van der Waals surface area (Å²) in [4.78, 5) is 0. The van der Waals surface area contributed by atoms with Gasteiger partial charge in [0.1, 0.15) is 18.4 Å². The minimum absolute atomic E-state index is 0.778. The summed E-state index contributed by atoms with van der Waals surface area (Å²) in [5.74, 6) is 0. The SMILES string of the molecule is CCCCCC[n+]1ccn(C2CCCCC2)c1. The molecule has 1 aliphatic carbocycles. The van der Waals surface area contributed by atoms with Gasteiger partial charge < -0.3 is 0 Å². The number of rotatable bonds is 6. The van der Waals surface area contributed by atoms with Crippen LogP contribution in [0, 0.1) is 0 Å². The van der Waals surface area contributed by atoms with Crippen LogP contribution in [0.15, 0.2) is 18.7 Å². The van der Waals surface area contributed by atoms with Gasteiger partial charge in [0.25, 0.3) is 0 Å².